The lowest BCUT2D eigenvalue weighted by Crippen LogP contribution is -1.94. The van der Waals surface area contributed by atoms with Gasteiger partial charge in [0.25, 0.3) is 0 Å². The molecule has 48 valence electrons. The van der Waals surface area contributed by atoms with Crippen molar-refractivity contribution in [3.05, 3.63) is 28.4 Å². The molecule has 1 heterocycles. The molecule has 0 unspecified atom stereocenters. The Hall–Kier alpha value is -1.32. The van der Waals surface area contributed by atoms with Gasteiger partial charge in [-0.3, -0.25) is 0 Å². The third-order valence-corrected chi connectivity index (χ3v) is 1.02. The van der Waals surface area contributed by atoms with Crippen LogP contribution in [0.25, 0.3) is 0 Å². The fraction of sp³-hybridized carbons (Fsp3) is 0.200. The largest absolute Gasteiger partial charge is 0.358 e. The van der Waals surface area contributed by atoms with Crippen LogP contribution in [0, 0.1) is 10.1 Å². The van der Waals surface area contributed by atoms with Crippen LogP contribution in [0.4, 0.5) is 5.82 Å². The Bertz CT molecular complexity index is 249. The first-order chi connectivity index (χ1) is 4.63. The van der Waals surface area contributed by atoms with Crippen molar-refractivity contribution in [1.29, 1.82) is 0 Å². The Morgan fingerprint density at radius 1 is 2.00 bits per heavy atom. The molecule has 0 bridgehead atoms. The summed E-state index contributed by atoms with van der Waals surface area (Å²) in [5.74, 6) is -0.167. The smallest absolute Gasteiger partial charge is 0.322 e. The van der Waals surface area contributed by atoms with Crippen LogP contribution in [0.3, 0.4) is 0 Å². The molecule has 1 aromatic rings. The molecule has 0 aliphatic rings. The Morgan fingerprint density at radius 3 is 2.89 bits per heavy atom. The highest BCUT2D eigenvalue weighted by atomic mass is 16.6. The van der Waals surface area contributed by atoms with Gasteiger partial charge in [0.1, 0.15) is 0 Å². The van der Waals surface area contributed by atoms with Gasteiger partial charge < -0.3 is 10.1 Å². The summed E-state index contributed by atoms with van der Waals surface area (Å²) in [4.78, 5) is 9.60. The predicted octanol–water partition coefficient (Wildman–Crippen LogP) is 0.933. The number of aromatic nitrogens is 1. The summed E-state index contributed by atoms with van der Waals surface area (Å²) >= 11 is 0. The average Bonchev–Trinajstić information content (AvgIpc) is 2.11. The van der Waals surface area contributed by atoms with Crippen molar-refractivity contribution in [3.8, 4) is 0 Å². The molecular weight excluding hydrogens is 120 g/mol. The van der Waals surface area contributed by atoms with E-state index in [0.717, 1.165) is 0 Å². The van der Waals surface area contributed by atoms with Crippen LogP contribution in [0.15, 0.2) is 18.3 Å². The van der Waals surface area contributed by atoms with Crippen molar-refractivity contribution in [3.63, 3.8) is 0 Å². The second-order valence-corrected chi connectivity index (χ2v) is 1.65. The van der Waals surface area contributed by atoms with Gasteiger partial charge in [0, 0.05) is 6.04 Å². The monoisotopic (exact) mass is 127 g/mol. The van der Waals surface area contributed by atoms with Crippen molar-refractivity contribution in [2.45, 2.75) is 0 Å². The lowest BCUT2D eigenvalue weighted by atomic mass is 10.6. The fourth-order valence-corrected chi connectivity index (χ4v) is 0.578. The van der Waals surface area contributed by atoms with Crippen molar-refractivity contribution < 1.29 is 6.29 Å². The minimum atomic E-state index is -0.567. The highest BCUT2D eigenvalue weighted by molar-refractivity contribution is 5.20. The van der Waals surface area contributed by atoms with Gasteiger partial charge >= 0.3 is 5.82 Å². The molecule has 0 radical (unpaired) electrons. The van der Waals surface area contributed by atoms with Gasteiger partial charge in [0.2, 0.25) is 0 Å². The van der Waals surface area contributed by atoms with Crippen LogP contribution in [0.5, 0.6) is 0 Å². The molecule has 0 N–H and O–H groups in total. The van der Waals surface area contributed by atoms with Gasteiger partial charge in [0.05, 0.1) is 14.6 Å². The van der Waals surface area contributed by atoms with E-state index >= 15 is 0 Å². The average molecular weight is 127 g/mol. The molecule has 0 aliphatic heterocycles. The molecule has 4 heteroatoms. The molecule has 9 heavy (non-hydrogen) atoms. The van der Waals surface area contributed by atoms with Crippen LogP contribution in [-0.4, -0.2) is 9.49 Å². The molecule has 1 aromatic heterocycles. The van der Waals surface area contributed by atoms with E-state index in [9.17, 15) is 10.1 Å². The second-order valence-electron chi connectivity index (χ2n) is 1.65. The Balaban J connectivity index is 3.23. The minimum absolute atomic E-state index is 0.0486. The zero-order valence-electron chi connectivity index (χ0n) is 5.87. The van der Waals surface area contributed by atoms with E-state index in [1.165, 1.54) is 23.9 Å². The zero-order valence-corrected chi connectivity index (χ0v) is 4.87. The summed E-state index contributed by atoms with van der Waals surface area (Å²) in [6, 6.07) is 1.34. The van der Waals surface area contributed by atoms with Gasteiger partial charge in [0.15, 0.2) is 0 Å². The summed E-state index contributed by atoms with van der Waals surface area (Å²) in [6.07, 6.45) is 1.49. The van der Waals surface area contributed by atoms with Crippen LogP contribution in [0.2, 0.25) is 0 Å². The quantitative estimate of drug-likeness (QED) is 0.416. The summed E-state index contributed by atoms with van der Waals surface area (Å²) < 4.78 is 8.37. The SMILES string of the molecule is [2H]c1ccn(C)c1[N+](=O)[O-]. The molecule has 0 aromatic carbocycles. The zero-order chi connectivity index (χ0) is 7.72. The van der Waals surface area contributed by atoms with E-state index in [-0.39, 0.29) is 11.9 Å². The number of aryl methyl sites for hydroxylation is 1. The molecule has 1 rings (SSSR count). The maximum atomic E-state index is 10.2. The number of nitrogens with zero attached hydrogens (tertiary/aromatic N) is 2. The van der Waals surface area contributed by atoms with Gasteiger partial charge in [-0.05, 0) is 11.0 Å². The van der Waals surface area contributed by atoms with Crippen LogP contribution < -0.4 is 0 Å². The topological polar surface area (TPSA) is 48.1 Å². The van der Waals surface area contributed by atoms with Gasteiger partial charge in [-0.1, -0.05) is 0 Å². The van der Waals surface area contributed by atoms with Crippen molar-refractivity contribution in [2.75, 3.05) is 0 Å². The third-order valence-electron chi connectivity index (χ3n) is 1.02. The Morgan fingerprint density at radius 2 is 2.67 bits per heavy atom. The van der Waals surface area contributed by atoms with E-state index in [0.29, 0.717) is 0 Å². The van der Waals surface area contributed by atoms with Gasteiger partial charge in [-0.2, -0.15) is 0 Å². The number of rotatable bonds is 1. The minimum Gasteiger partial charge on any atom is -0.358 e. The van der Waals surface area contributed by atoms with E-state index in [1.807, 2.05) is 0 Å². The number of nitro groups is 1. The second kappa shape index (κ2) is 1.89. The lowest BCUT2D eigenvalue weighted by molar-refractivity contribution is -0.391. The third kappa shape index (κ3) is 0.910. The molecule has 0 saturated carbocycles. The van der Waals surface area contributed by atoms with Crippen LogP contribution in [-0.2, 0) is 7.05 Å². The molecule has 4 nitrogen and oxygen atoms in total. The normalized spacial score (nSPS) is 11.0. The van der Waals surface area contributed by atoms with Crippen molar-refractivity contribution in [1.82, 2.24) is 4.57 Å². The first-order valence-electron chi connectivity index (χ1n) is 2.89. The fourth-order valence-electron chi connectivity index (χ4n) is 0.578. The summed E-state index contributed by atoms with van der Waals surface area (Å²) in [5.41, 5.74) is 0. The maximum Gasteiger partial charge on any atom is 0.322 e. The van der Waals surface area contributed by atoms with E-state index in [2.05, 4.69) is 0 Å². The lowest BCUT2D eigenvalue weighted by Gasteiger charge is -1.91. The van der Waals surface area contributed by atoms with Crippen molar-refractivity contribution >= 4 is 5.82 Å². The van der Waals surface area contributed by atoms with E-state index in [4.69, 9.17) is 1.37 Å². The standard InChI is InChI=1S/C5H6N2O2/c1-6-4-2-3-5(6)7(8)9/h2-4H,1H3/i3D. The molecule has 0 atom stereocenters. The number of hydrogen-bond acceptors (Lipinski definition) is 2. The van der Waals surface area contributed by atoms with Crippen LogP contribution >= 0.6 is 0 Å². The van der Waals surface area contributed by atoms with Crippen molar-refractivity contribution in [2.24, 2.45) is 7.05 Å². The number of hydrogen-bond donors (Lipinski definition) is 0. The Kier molecular flexibility index (Phi) is 0.955. The highest BCUT2D eigenvalue weighted by Gasteiger charge is 2.04. The van der Waals surface area contributed by atoms with E-state index in [1.54, 1.807) is 0 Å². The van der Waals surface area contributed by atoms with Gasteiger partial charge in [-0.25, -0.2) is 4.57 Å². The molecule has 0 spiro atoms. The summed E-state index contributed by atoms with van der Waals surface area (Å²) in [6.45, 7) is 0. The predicted molar refractivity (Wildman–Crippen MR) is 32.1 cm³/mol. The molecule has 0 fully saturated rings. The maximum absolute atomic E-state index is 10.2. The first-order valence-corrected chi connectivity index (χ1v) is 2.39. The molecule has 0 aliphatic carbocycles. The van der Waals surface area contributed by atoms with Crippen LogP contribution in [0.1, 0.15) is 1.37 Å². The molecule has 0 amide bonds. The summed E-state index contributed by atoms with van der Waals surface area (Å²) in [5, 5.41) is 10.2. The highest BCUT2D eigenvalue weighted by Crippen LogP contribution is 2.07. The Labute approximate surface area is 53.3 Å². The first kappa shape index (κ1) is 4.55. The molecular formula is C5H6N2O2. The van der Waals surface area contributed by atoms with Gasteiger partial charge in [-0.15, -0.1) is 0 Å². The van der Waals surface area contributed by atoms with E-state index < -0.39 is 4.92 Å². The molecule has 0 saturated heterocycles. The summed E-state index contributed by atoms with van der Waals surface area (Å²) in [7, 11) is 1.54.